The van der Waals surface area contributed by atoms with Crippen LogP contribution in [0.1, 0.15) is 24.9 Å². The topological polar surface area (TPSA) is 38.8 Å². The van der Waals surface area contributed by atoms with Crippen molar-refractivity contribution in [3.05, 3.63) is 35.6 Å². The summed E-state index contributed by atoms with van der Waals surface area (Å²) in [7, 11) is 1.37. The summed E-state index contributed by atoms with van der Waals surface area (Å²) in [6.45, 7) is 3.98. The Morgan fingerprint density at radius 2 is 2.20 bits per heavy atom. The third-order valence-electron chi connectivity index (χ3n) is 3.60. The van der Waals surface area contributed by atoms with Crippen LogP contribution in [0.5, 0.6) is 0 Å². The lowest BCUT2D eigenvalue weighted by Crippen LogP contribution is -2.46. The summed E-state index contributed by atoms with van der Waals surface area (Å²) in [4.78, 5) is 14.1. The van der Waals surface area contributed by atoms with Crippen molar-refractivity contribution in [3.8, 4) is 0 Å². The number of methoxy groups -OCH3 is 1. The molecule has 2 atom stereocenters. The Hall–Kier alpha value is -1.46. The van der Waals surface area contributed by atoms with Gasteiger partial charge in [0.1, 0.15) is 11.9 Å². The number of hydrogen-bond donors (Lipinski definition) is 0. The molecular weight excluding hydrogens is 261 g/mol. The van der Waals surface area contributed by atoms with Gasteiger partial charge in [0.2, 0.25) is 0 Å². The van der Waals surface area contributed by atoms with Crippen molar-refractivity contribution in [1.29, 1.82) is 0 Å². The predicted molar refractivity (Wildman–Crippen MR) is 72.8 cm³/mol. The van der Waals surface area contributed by atoms with E-state index in [1.807, 2.05) is 4.90 Å². The van der Waals surface area contributed by atoms with Gasteiger partial charge in [0.05, 0.1) is 19.8 Å². The highest BCUT2D eigenvalue weighted by Crippen LogP contribution is 2.25. The smallest absolute Gasteiger partial charge is 0.327 e. The summed E-state index contributed by atoms with van der Waals surface area (Å²) < 4.78 is 23.6. The molecule has 1 aliphatic rings. The van der Waals surface area contributed by atoms with Crippen LogP contribution < -0.4 is 0 Å². The molecule has 0 spiro atoms. The zero-order valence-electron chi connectivity index (χ0n) is 11.8. The monoisotopic (exact) mass is 281 g/mol. The second-order valence-electron chi connectivity index (χ2n) is 4.87. The Morgan fingerprint density at radius 3 is 2.80 bits per heavy atom. The number of carbonyl (C=O) groups is 1. The van der Waals surface area contributed by atoms with Gasteiger partial charge in [-0.3, -0.25) is 4.90 Å². The van der Waals surface area contributed by atoms with Crippen LogP contribution in [0.4, 0.5) is 4.39 Å². The van der Waals surface area contributed by atoms with E-state index in [2.05, 4.69) is 6.92 Å². The van der Waals surface area contributed by atoms with Gasteiger partial charge >= 0.3 is 5.97 Å². The van der Waals surface area contributed by atoms with Crippen molar-refractivity contribution in [3.63, 3.8) is 0 Å². The first-order valence-electron chi connectivity index (χ1n) is 6.84. The van der Waals surface area contributed by atoms with Gasteiger partial charge in [0, 0.05) is 13.1 Å². The van der Waals surface area contributed by atoms with Crippen LogP contribution >= 0.6 is 0 Å². The molecule has 1 aromatic carbocycles. The van der Waals surface area contributed by atoms with Gasteiger partial charge in [-0.05, 0) is 24.1 Å². The quantitative estimate of drug-likeness (QED) is 0.793. The first-order valence-corrected chi connectivity index (χ1v) is 6.84. The highest BCUT2D eigenvalue weighted by molar-refractivity contribution is 5.77. The molecule has 5 heteroatoms. The fourth-order valence-electron chi connectivity index (χ4n) is 2.48. The van der Waals surface area contributed by atoms with Crippen molar-refractivity contribution in [2.45, 2.75) is 25.5 Å². The number of rotatable bonds is 4. The van der Waals surface area contributed by atoms with Gasteiger partial charge in [-0.1, -0.05) is 19.1 Å². The maximum absolute atomic E-state index is 13.0. The van der Waals surface area contributed by atoms with Crippen LogP contribution in [-0.2, 0) is 14.3 Å². The number of ether oxygens (including phenoxy) is 2. The van der Waals surface area contributed by atoms with Crippen LogP contribution in [0.25, 0.3) is 0 Å². The summed E-state index contributed by atoms with van der Waals surface area (Å²) >= 11 is 0. The van der Waals surface area contributed by atoms with Crippen LogP contribution in [0.15, 0.2) is 24.3 Å². The first-order chi connectivity index (χ1) is 9.65. The molecule has 1 fully saturated rings. The zero-order valence-corrected chi connectivity index (χ0v) is 11.8. The number of halogens is 1. The number of esters is 1. The number of nitrogens with zero attached hydrogens (tertiary/aromatic N) is 1. The van der Waals surface area contributed by atoms with Crippen LogP contribution in [0.3, 0.4) is 0 Å². The predicted octanol–water partition coefficient (Wildman–Crippen LogP) is 2.15. The largest absolute Gasteiger partial charge is 0.468 e. The molecule has 110 valence electrons. The Kier molecular flexibility index (Phi) is 5.09. The van der Waals surface area contributed by atoms with Gasteiger partial charge < -0.3 is 9.47 Å². The molecule has 1 saturated heterocycles. The summed E-state index contributed by atoms with van der Waals surface area (Å²) in [6.07, 6.45) is 1.02. The minimum Gasteiger partial charge on any atom is -0.468 e. The molecule has 0 aliphatic carbocycles. The van der Waals surface area contributed by atoms with Crippen molar-refractivity contribution in [2.24, 2.45) is 0 Å². The van der Waals surface area contributed by atoms with Crippen LogP contribution in [0.2, 0.25) is 0 Å². The van der Waals surface area contributed by atoms with Gasteiger partial charge in [0.25, 0.3) is 0 Å². The lowest BCUT2D eigenvalue weighted by Gasteiger charge is -2.36. The maximum Gasteiger partial charge on any atom is 0.327 e. The van der Waals surface area contributed by atoms with Crippen molar-refractivity contribution < 1.29 is 18.7 Å². The van der Waals surface area contributed by atoms with E-state index in [0.29, 0.717) is 19.7 Å². The molecule has 0 radical (unpaired) electrons. The normalized spacial score (nSPS) is 21.4. The van der Waals surface area contributed by atoms with Crippen LogP contribution in [0, 0.1) is 5.82 Å². The number of benzene rings is 1. The lowest BCUT2D eigenvalue weighted by atomic mass is 10.0. The molecule has 0 bridgehead atoms. The van der Waals surface area contributed by atoms with Crippen molar-refractivity contribution >= 4 is 5.97 Å². The fourth-order valence-corrected chi connectivity index (χ4v) is 2.48. The Balaban J connectivity index is 2.23. The average molecular weight is 281 g/mol. The average Bonchev–Trinajstić information content (AvgIpc) is 2.49. The molecule has 1 aromatic rings. The van der Waals surface area contributed by atoms with E-state index < -0.39 is 6.04 Å². The third-order valence-corrected chi connectivity index (χ3v) is 3.60. The van der Waals surface area contributed by atoms with Crippen molar-refractivity contribution in [1.82, 2.24) is 4.90 Å². The fraction of sp³-hybridized carbons (Fsp3) is 0.533. The minimum atomic E-state index is -0.501. The number of hydrogen-bond acceptors (Lipinski definition) is 4. The van der Waals surface area contributed by atoms with E-state index >= 15 is 0 Å². The van der Waals surface area contributed by atoms with Crippen molar-refractivity contribution in [2.75, 3.05) is 26.8 Å². The van der Waals surface area contributed by atoms with Gasteiger partial charge in [-0.15, -0.1) is 0 Å². The SMILES string of the molecule is CCC1CN(C(C(=O)OC)c2ccc(F)cc2)CCO1. The Bertz CT molecular complexity index is 449. The third kappa shape index (κ3) is 3.35. The second-order valence-corrected chi connectivity index (χ2v) is 4.87. The summed E-state index contributed by atoms with van der Waals surface area (Å²) in [5.41, 5.74) is 0.745. The highest BCUT2D eigenvalue weighted by atomic mass is 19.1. The second kappa shape index (κ2) is 6.81. The number of morpholine rings is 1. The molecule has 2 unspecified atom stereocenters. The van der Waals surface area contributed by atoms with E-state index in [0.717, 1.165) is 12.0 Å². The molecule has 0 N–H and O–H groups in total. The van der Waals surface area contributed by atoms with E-state index in [-0.39, 0.29) is 17.9 Å². The van der Waals surface area contributed by atoms with E-state index in [4.69, 9.17) is 9.47 Å². The minimum absolute atomic E-state index is 0.122. The first kappa shape index (κ1) is 14.9. The molecule has 2 rings (SSSR count). The Labute approximate surface area is 118 Å². The molecule has 0 aromatic heterocycles. The molecule has 0 amide bonds. The summed E-state index contributed by atoms with van der Waals surface area (Å²) in [5, 5.41) is 0. The molecule has 1 heterocycles. The van der Waals surface area contributed by atoms with E-state index in [1.54, 1.807) is 12.1 Å². The summed E-state index contributed by atoms with van der Waals surface area (Å²) in [6, 6.07) is 5.49. The van der Waals surface area contributed by atoms with Gasteiger partial charge in [-0.25, -0.2) is 9.18 Å². The van der Waals surface area contributed by atoms with Gasteiger partial charge in [-0.2, -0.15) is 0 Å². The van der Waals surface area contributed by atoms with E-state index in [1.165, 1.54) is 19.2 Å². The van der Waals surface area contributed by atoms with E-state index in [9.17, 15) is 9.18 Å². The molecular formula is C15H20FNO3. The standard InChI is InChI=1S/C15H20FNO3/c1-3-13-10-17(8-9-20-13)14(15(18)19-2)11-4-6-12(16)7-5-11/h4-7,13-14H,3,8-10H2,1-2H3. The highest BCUT2D eigenvalue weighted by Gasteiger charge is 2.32. The maximum atomic E-state index is 13.0. The summed E-state index contributed by atoms with van der Waals surface area (Å²) in [5.74, 6) is -0.640. The molecule has 1 aliphatic heterocycles. The number of carbonyl (C=O) groups excluding carboxylic acids is 1. The lowest BCUT2D eigenvalue weighted by molar-refractivity contribution is -0.150. The van der Waals surface area contributed by atoms with Gasteiger partial charge in [0.15, 0.2) is 0 Å². The zero-order chi connectivity index (χ0) is 14.5. The molecule has 20 heavy (non-hydrogen) atoms. The molecule has 0 saturated carbocycles. The van der Waals surface area contributed by atoms with Crippen LogP contribution in [-0.4, -0.2) is 43.8 Å². The molecule has 4 nitrogen and oxygen atoms in total. The Morgan fingerprint density at radius 1 is 1.50 bits per heavy atom.